The second-order valence-electron chi connectivity index (χ2n) is 5.00. The third kappa shape index (κ3) is 0.995. The number of carbonyl (C=O) groups is 1. The molecule has 0 aliphatic heterocycles. The molecule has 1 aromatic carbocycles. The van der Waals surface area contributed by atoms with Crippen molar-refractivity contribution in [3.05, 3.63) is 34.6 Å². The third-order valence-corrected chi connectivity index (χ3v) is 4.39. The Morgan fingerprint density at radius 3 is 2.56 bits per heavy atom. The number of carboxylic acid groups (broad SMARTS) is 1. The predicted molar refractivity (Wildman–Crippen MR) is 57.0 cm³/mol. The van der Waals surface area contributed by atoms with E-state index in [0.717, 1.165) is 5.56 Å². The highest BCUT2D eigenvalue weighted by Gasteiger charge is 2.72. The molecule has 1 N–H and O–H groups in total. The molecule has 0 saturated heterocycles. The summed E-state index contributed by atoms with van der Waals surface area (Å²) in [6.07, 6.45) is 1.79. The van der Waals surface area contributed by atoms with Gasteiger partial charge in [0.1, 0.15) is 5.82 Å². The Hall–Kier alpha value is -1.09. The Kier molecular flexibility index (Phi) is 1.75. The van der Waals surface area contributed by atoms with Crippen LogP contribution in [0.5, 0.6) is 0 Å². The summed E-state index contributed by atoms with van der Waals surface area (Å²) in [5.74, 6) is -1.16. The van der Waals surface area contributed by atoms with Gasteiger partial charge in [-0.25, -0.2) is 4.39 Å². The topological polar surface area (TPSA) is 37.3 Å². The predicted octanol–water partition coefficient (Wildman–Crippen LogP) is 2.99. The maximum absolute atomic E-state index is 13.3. The van der Waals surface area contributed by atoms with Crippen LogP contribution >= 0.6 is 11.6 Å². The van der Waals surface area contributed by atoms with Crippen LogP contribution in [0, 0.1) is 11.2 Å². The lowest BCUT2D eigenvalue weighted by Crippen LogP contribution is -2.68. The average molecular weight is 241 g/mol. The largest absolute Gasteiger partial charge is 0.481 e. The van der Waals surface area contributed by atoms with Crippen molar-refractivity contribution >= 4 is 17.6 Å². The van der Waals surface area contributed by atoms with Crippen molar-refractivity contribution in [2.24, 2.45) is 5.41 Å². The number of halogens is 2. The Morgan fingerprint density at radius 2 is 2.00 bits per heavy atom. The molecule has 84 valence electrons. The lowest BCUT2D eigenvalue weighted by Gasteiger charge is -2.68. The highest BCUT2D eigenvalue weighted by Crippen LogP contribution is 2.74. The van der Waals surface area contributed by atoms with E-state index in [1.807, 2.05) is 0 Å². The highest BCUT2D eigenvalue weighted by atomic mass is 35.5. The molecule has 0 unspecified atom stereocenters. The van der Waals surface area contributed by atoms with Gasteiger partial charge in [-0.15, -0.1) is 0 Å². The van der Waals surface area contributed by atoms with E-state index in [4.69, 9.17) is 16.7 Å². The van der Waals surface area contributed by atoms with E-state index >= 15 is 0 Å². The molecule has 16 heavy (non-hydrogen) atoms. The Bertz CT molecular complexity index is 478. The van der Waals surface area contributed by atoms with Crippen molar-refractivity contribution in [2.45, 2.75) is 24.7 Å². The molecule has 4 heteroatoms. The molecule has 3 aliphatic rings. The van der Waals surface area contributed by atoms with Crippen molar-refractivity contribution < 1.29 is 14.3 Å². The number of rotatable bonds is 2. The van der Waals surface area contributed by atoms with Crippen LogP contribution in [-0.4, -0.2) is 11.1 Å². The normalized spacial score (nSPS) is 35.1. The van der Waals surface area contributed by atoms with Gasteiger partial charge >= 0.3 is 5.97 Å². The van der Waals surface area contributed by atoms with Gasteiger partial charge in [0.15, 0.2) is 0 Å². The Morgan fingerprint density at radius 1 is 1.38 bits per heavy atom. The summed E-state index contributed by atoms with van der Waals surface area (Å²) >= 11 is 5.92. The number of benzene rings is 1. The third-order valence-electron chi connectivity index (χ3n) is 4.01. The van der Waals surface area contributed by atoms with Gasteiger partial charge in [0.25, 0.3) is 0 Å². The minimum Gasteiger partial charge on any atom is -0.481 e. The second kappa shape index (κ2) is 2.77. The molecule has 0 aromatic heterocycles. The van der Waals surface area contributed by atoms with E-state index in [9.17, 15) is 9.18 Å². The average Bonchev–Trinajstić information content (AvgIpc) is 2.07. The van der Waals surface area contributed by atoms with Crippen LogP contribution in [0.4, 0.5) is 4.39 Å². The Labute approximate surface area is 97.0 Å². The molecular formula is C12H10ClFO2. The van der Waals surface area contributed by atoms with E-state index in [1.54, 1.807) is 12.1 Å². The number of hydrogen-bond acceptors (Lipinski definition) is 1. The fourth-order valence-corrected chi connectivity index (χ4v) is 3.54. The molecule has 0 radical (unpaired) electrons. The quantitative estimate of drug-likeness (QED) is 0.863. The molecule has 3 saturated carbocycles. The fraction of sp³-hybridized carbons (Fsp3) is 0.417. The summed E-state index contributed by atoms with van der Waals surface area (Å²) in [4.78, 5) is 11.0. The van der Waals surface area contributed by atoms with Crippen LogP contribution in [0.2, 0.25) is 5.02 Å². The fourth-order valence-electron chi connectivity index (χ4n) is 3.21. The molecule has 1 aromatic rings. The van der Waals surface area contributed by atoms with Crippen molar-refractivity contribution in [1.82, 2.24) is 0 Å². The zero-order chi connectivity index (χ0) is 11.6. The van der Waals surface area contributed by atoms with Gasteiger partial charge in [0, 0.05) is 5.41 Å². The highest BCUT2D eigenvalue weighted by molar-refractivity contribution is 6.31. The van der Waals surface area contributed by atoms with E-state index in [0.29, 0.717) is 19.3 Å². The van der Waals surface area contributed by atoms with E-state index in [-0.39, 0.29) is 10.4 Å². The SMILES string of the molecule is O=C(O)C12CC(c3cccc(F)c3Cl)(C1)C2. The minimum atomic E-state index is -0.734. The van der Waals surface area contributed by atoms with Crippen LogP contribution in [0.25, 0.3) is 0 Å². The van der Waals surface area contributed by atoms with Gasteiger partial charge in [0.2, 0.25) is 0 Å². The molecule has 0 heterocycles. The van der Waals surface area contributed by atoms with Crippen LogP contribution < -0.4 is 0 Å². The van der Waals surface area contributed by atoms with Gasteiger partial charge in [-0.3, -0.25) is 4.79 Å². The monoisotopic (exact) mass is 240 g/mol. The first-order chi connectivity index (χ1) is 7.49. The van der Waals surface area contributed by atoms with Crippen LogP contribution in [0.1, 0.15) is 24.8 Å². The zero-order valence-electron chi connectivity index (χ0n) is 8.46. The number of aliphatic carboxylic acids is 1. The molecule has 0 amide bonds. The van der Waals surface area contributed by atoms with E-state index < -0.39 is 17.2 Å². The van der Waals surface area contributed by atoms with E-state index in [1.165, 1.54) is 6.07 Å². The molecule has 2 nitrogen and oxygen atoms in total. The van der Waals surface area contributed by atoms with Crippen LogP contribution in [0.15, 0.2) is 18.2 Å². The molecule has 0 atom stereocenters. The van der Waals surface area contributed by atoms with Crippen LogP contribution in [-0.2, 0) is 10.2 Å². The summed E-state index contributed by atoms with van der Waals surface area (Å²) in [6.45, 7) is 0. The minimum absolute atomic E-state index is 0.154. The van der Waals surface area contributed by atoms with Gasteiger partial charge < -0.3 is 5.11 Å². The number of carboxylic acids is 1. The summed E-state index contributed by atoms with van der Waals surface area (Å²) in [5, 5.41) is 9.16. The molecule has 3 fully saturated rings. The van der Waals surface area contributed by atoms with Gasteiger partial charge in [-0.1, -0.05) is 23.7 Å². The number of hydrogen-bond donors (Lipinski definition) is 1. The smallest absolute Gasteiger partial charge is 0.309 e. The summed E-state index contributed by atoms with van der Waals surface area (Å²) < 4.78 is 13.3. The van der Waals surface area contributed by atoms with Gasteiger partial charge in [0.05, 0.1) is 10.4 Å². The molecule has 3 aliphatic carbocycles. The lowest BCUT2D eigenvalue weighted by atomic mass is 9.33. The van der Waals surface area contributed by atoms with E-state index in [2.05, 4.69) is 0 Å². The lowest BCUT2D eigenvalue weighted by molar-refractivity contribution is -0.194. The molecule has 4 rings (SSSR count). The van der Waals surface area contributed by atoms with Crippen molar-refractivity contribution in [2.75, 3.05) is 0 Å². The first-order valence-electron chi connectivity index (χ1n) is 5.17. The molecule has 2 bridgehead atoms. The maximum Gasteiger partial charge on any atom is 0.309 e. The summed E-state index contributed by atoms with van der Waals surface area (Å²) in [6, 6.07) is 4.75. The van der Waals surface area contributed by atoms with Crippen molar-refractivity contribution in [3.63, 3.8) is 0 Å². The standard InChI is InChI=1S/C12H10ClFO2/c13-9-7(2-1-3-8(9)14)11-4-12(5-11,6-11)10(15)16/h1-3H,4-6H2,(H,15,16). The molecule has 0 spiro atoms. The molecular weight excluding hydrogens is 231 g/mol. The summed E-state index contributed by atoms with van der Waals surface area (Å²) in [7, 11) is 0. The second-order valence-corrected chi connectivity index (χ2v) is 5.38. The van der Waals surface area contributed by atoms with Crippen molar-refractivity contribution in [1.29, 1.82) is 0 Å². The first kappa shape index (κ1) is 10.1. The Balaban J connectivity index is 1.93. The first-order valence-corrected chi connectivity index (χ1v) is 5.55. The van der Waals surface area contributed by atoms with Crippen molar-refractivity contribution in [3.8, 4) is 0 Å². The zero-order valence-corrected chi connectivity index (χ0v) is 9.22. The van der Waals surface area contributed by atoms with Gasteiger partial charge in [-0.2, -0.15) is 0 Å². The summed E-state index contributed by atoms with van der Waals surface area (Å²) in [5.41, 5.74) is 0.0602. The maximum atomic E-state index is 13.3. The van der Waals surface area contributed by atoms with Crippen LogP contribution in [0.3, 0.4) is 0 Å². The van der Waals surface area contributed by atoms with Gasteiger partial charge in [-0.05, 0) is 30.9 Å².